The third kappa shape index (κ3) is 2.65. The van der Waals surface area contributed by atoms with Crippen LogP contribution >= 0.6 is 0 Å². The standard InChI is InChI=1S/C33H20N2O/c1-2-8-21(9-3-1)22-15-17-23(18-16-22)35-28-13-5-4-10-24(28)27-20-30-31-25(11-6-12-26(31)33(27)35)32-29(36-30)14-7-19-34-32/h1-20H. The van der Waals surface area contributed by atoms with Crippen molar-refractivity contribution in [2.24, 2.45) is 0 Å². The third-order valence-electron chi connectivity index (χ3n) is 7.23. The summed E-state index contributed by atoms with van der Waals surface area (Å²) < 4.78 is 8.80. The van der Waals surface area contributed by atoms with Crippen LogP contribution in [0.4, 0.5) is 0 Å². The molecule has 0 atom stereocenters. The van der Waals surface area contributed by atoms with Gasteiger partial charge in [-0.05, 0) is 47.5 Å². The minimum absolute atomic E-state index is 0.803. The topological polar surface area (TPSA) is 27.1 Å². The van der Waals surface area contributed by atoms with Crippen LogP contribution in [-0.2, 0) is 0 Å². The molecule has 3 heterocycles. The number of para-hydroxylation sites is 1. The van der Waals surface area contributed by atoms with Crippen molar-refractivity contribution in [1.29, 1.82) is 0 Å². The summed E-state index contributed by atoms with van der Waals surface area (Å²) in [4.78, 5) is 4.65. The largest absolute Gasteiger partial charge is 0.454 e. The van der Waals surface area contributed by atoms with Gasteiger partial charge in [0.1, 0.15) is 11.4 Å². The molecule has 5 aromatic carbocycles. The maximum Gasteiger partial charge on any atom is 0.153 e. The number of ether oxygens (including phenoxy) is 1. The number of benzene rings is 5. The van der Waals surface area contributed by atoms with Crippen LogP contribution in [0.15, 0.2) is 121 Å². The van der Waals surface area contributed by atoms with Crippen molar-refractivity contribution in [2.45, 2.75) is 0 Å². The van der Waals surface area contributed by atoms with E-state index in [0.29, 0.717) is 0 Å². The van der Waals surface area contributed by atoms with Gasteiger partial charge in [-0.3, -0.25) is 4.98 Å². The Balaban J connectivity index is 1.46. The van der Waals surface area contributed by atoms with E-state index in [1.807, 2.05) is 18.3 Å². The normalized spacial score (nSPS) is 12.1. The molecule has 1 aliphatic heterocycles. The van der Waals surface area contributed by atoms with Crippen molar-refractivity contribution in [2.75, 3.05) is 0 Å². The Morgan fingerprint density at radius 3 is 2.25 bits per heavy atom. The van der Waals surface area contributed by atoms with Crippen LogP contribution in [0.5, 0.6) is 11.5 Å². The molecule has 0 saturated carbocycles. The van der Waals surface area contributed by atoms with Gasteiger partial charge in [-0.15, -0.1) is 0 Å². The van der Waals surface area contributed by atoms with E-state index in [2.05, 4.69) is 113 Å². The maximum absolute atomic E-state index is 6.41. The molecule has 0 fully saturated rings. The SMILES string of the molecule is c1ccc(-c2ccc(-n3c4ccccc4c4cc5c6c(cccc6c43)-c3ncccc3O5)cc2)cc1. The summed E-state index contributed by atoms with van der Waals surface area (Å²) in [5, 5.41) is 4.68. The maximum atomic E-state index is 6.41. The minimum Gasteiger partial charge on any atom is -0.454 e. The van der Waals surface area contributed by atoms with E-state index in [1.54, 1.807) is 0 Å². The molecular formula is C33H20N2O. The quantitative estimate of drug-likeness (QED) is 0.258. The highest BCUT2D eigenvalue weighted by atomic mass is 16.5. The van der Waals surface area contributed by atoms with Crippen LogP contribution in [-0.4, -0.2) is 9.55 Å². The molecule has 8 rings (SSSR count). The lowest BCUT2D eigenvalue weighted by Crippen LogP contribution is -2.00. The molecule has 7 aromatic rings. The summed E-state index contributed by atoms with van der Waals surface area (Å²) in [6.07, 6.45) is 1.83. The number of rotatable bonds is 2. The molecule has 0 aliphatic carbocycles. The Hall–Kier alpha value is -4.89. The summed E-state index contributed by atoms with van der Waals surface area (Å²) in [5.41, 5.74) is 7.94. The first-order valence-electron chi connectivity index (χ1n) is 12.1. The predicted molar refractivity (Wildman–Crippen MR) is 147 cm³/mol. The fraction of sp³-hybridized carbons (Fsp3) is 0. The van der Waals surface area contributed by atoms with Gasteiger partial charge in [-0.1, -0.05) is 78.9 Å². The smallest absolute Gasteiger partial charge is 0.153 e. The van der Waals surface area contributed by atoms with Gasteiger partial charge in [0.25, 0.3) is 0 Å². The number of fused-ring (bicyclic) bond motifs is 6. The average molecular weight is 461 g/mol. The molecule has 0 saturated heterocycles. The highest BCUT2D eigenvalue weighted by molar-refractivity contribution is 6.22. The first-order chi connectivity index (χ1) is 17.9. The van der Waals surface area contributed by atoms with Crippen molar-refractivity contribution in [1.82, 2.24) is 9.55 Å². The van der Waals surface area contributed by atoms with Crippen molar-refractivity contribution < 1.29 is 4.74 Å². The molecule has 2 aromatic heterocycles. The monoisotopic (exact) mass is 460 g/mol. The first-order valence-corrected chi connectivity index (χ1v) is 12.1. The lowest BCUT2D eigenvalue weighted by molar-refractivity contribution is 0.485. The predicted octanol–water partition coefficient (Wildman–Crippen LogP) is 8.77. The van der Waals surface area contributed by atoms with Crippen LogP contribution in [0.2, 0.25) is 0 Å². The molecule has 3 heteroatoms. The summed E-state index contributed by atoms with van der Waals surface area (Å²) in [5.74, 6) is 1.69. The van der Waals surface area contributed by atoms with Gasteiger partial charge in [0, 0.05) is 39.0 Å². The number of hydrogen-bond donors (Lipinski definition) is 0. The fourth-order valence-corrected chi connectivity index (χ4v) is 5.67. The van der Waals surface area contributed by atoms with E-state index in [0.717, 1.165) is 33.8 Å². The van der Waals surface area contributed by atoms with E-state index < -0.39 is 0 Å². The second-order valence-electron chi connectivity index (χ2n) is 9.22. The summed E-state index contributed by atoms with van der Waals surface area (Å²) in [6, 6.07) is 40.6. The summed E-state index contributed by atoms with van der Waals surface area (Å²) in [7, 11) is 0. The number of nitrogens with zero attached hydrogens (tertiary/aromatic N) is 2. The molecule has 1 aliphatic rings. The van der Waals surface area contributed by atoms with Crippen molar-refractivity contribution >= 4 is 32.6 Å². The number of aromatic nitrogens is 2. The first kappa shape index (κ1) is 19.4. The average Bonchev–Trinajstić information content (AvgIpc) is 3.28. The zero-order valence-corrected chi connectivity index (χ0v) is 19.3. The number of pyridine rings is 1. The van der Waals surface area contributed by atoms with E-state index >= 15 is 0 Å². The molecule has 0 radical (unpaired) electrons. The molecule has 3 nitrogen and oxygen atoms in total. The lowest BCUT2D eigenvalue weighted by atomic mass is 9.96. The molecule has 0 unspecified atom stereocenters. The van der Waals surface area contributed by atoms with Crippen LogP contribution in [0.25, 0.3) is 60.6 Å². The van der Waals surface area contributed by atoms with Gasteiger partial charge in [0.15, 0.2) is 5.75 Å². The number of hydrogen-bond acceptors (Lipinski definition) is 2. The van der Waals surface area contributed by atoms with Crippen LogP contribution in [0.3, 0.4) is 0 Å². The second kappa shape index (κ2) is 7.30. The Labute approximate surface area is 207 Å². The van der Waals surface area contributed by atoms with Gasteiger partial charge in [-0.25, -0.2) is 0 Å². The van der Waals surface area contributed by atoms with E-state index in [9.17, 15) is 0 Å². The van der Waals surface area contributed by atoms with E-state index in [-0.39, 0.29) is 0 Å². The zero-order valence-electron chi connectivity index (χ0n) is 19.3. The van der Waals surface area contributed by atoms with Gasteiger partial charge in [0.2, 0.25) is 0 Å². The molecular weight excluding hydrogens is 440 g/mol. The summed E-state index contributed by atoms with van der Waals surface area (Å²) >= 11 is 0. The van der Waals surface area contributed by atoms with Crippen molar-refractivity contribution in [3.63, 3.8) is 0 Å². The van der Waals surface area contributed by atoms with Crippen LogP contribution in [0, 0.1) is 0 Å². The molecule has 0 bridgehead atoms. The van der Waals surface area contributed by atoms with Crippen LogP contribution < -0.4 is 4.74 Å². The van der Waals surface area contributed by atoms with Crippen molar-refractivity contribution in [3.05, 3.63) is 121 Å². The Morgan fingerprint density at radius 2 is 1.36 bits per heavy atom. The Morgan fingerprint density at radius 1 is 0.583 bits per heavy atom. The minimum atomic E-state index is 0.803. The second-order valence-corrected chi connectivity index (χ2v) is 9.22. The third-order valence-corrected chi connectivity index (χ3v) is 7.23. The van der Waals surface area contributed by atoms with E-state index in [4.69, 9.17) is 4.74 Å². The summed E-state index contributed by atoms with van der Waals surface area (Å²) in [6.45, 7) is 0. The van der Waals surface area contributed by atoms with Gasteiger partial charge < -0.3 is 9.30 Å². The van der Waals surface area contributed by atoms with Gasteiger partial charge in [-0.2, -0.15) is 0 Å². The Bertz CT molecular complexity index is 1950. The molecule has 168 valence electrons. The van der Waals surface area contributed by atoms with E-state index in [1.165, 1.54) is 38.3 Å². The molecule has 36 heavy (non-hydrogen) atoms. The van der Waals surface area contributed by atoms with Gasteiger partial charge in [0.05, 0.1) is 11.0 Å². The zero-order chi connectivity index (χ0) is 23.6. The molecule has 0 N–H and O–H groups in total. The molecule has 0 amide bonds. The highest BCUT2D eigenvalue weighted by Crippen LogP contribution is 2.49. The highest BCUT2D eigenvalue weighted by Gasteiger charge is 2.25. The van der Waals surface area contributed by atoms with Crippen LogP contribution in [0.1, 0.15) is 0 Å². The van der Waals surface area contributed by atoms with Crippen molar-refractivity contribution in [3.8, 4) is 39.6 Å². The Kier molecular flexibility index (Phi) is 3.94. The lowest BCUT2D eigenvalue weighted by Gasteiger charge is -2.21. The van der Waals surface area contributed by atoms with Gasteiger partial charge >= 0.3 is 0 Å². The fourth-order valence-electron chi connectivity index (χ4n) is 5.67. The molecule has 0 spiro atoms.